The summed E-state index contributed by atoms with van der Waals surface area (Å²) in [7, 11) is 0. The monoisotopic (exact) mass is 314 g/mol. The van der Waals surface area contributed by atoms with E-state index in [1.165, 1.54) is 29.2 Å². The van der Waals surface area contributed by atoms with Crippen LogP contribution in [-0.2, 0) is 4.79 Å². The Balaban J connectivity index is 1.77. The molecule has 2 rings (SSSR count). The van der Waals surface area contributed by atoms with E-state index in [1.807, 2.05) is 12.3 Å². The second-order valence-electron chi connectivity index (χ2n) is 4.02. The molecule has 7 heteroatoms. The Morgan fingerprint density at radius 3 is 2.85 bits per heavy atom. The lowest BCUT2D eigenvalue weighted by atomic mass is 10.3. The third kappa shape index (κ3) is 4.28. The van der Waals surface area contributed by atoms with E-state index in [0.717, 1.165) is 17.8 Å². The van der Waals surface area contributed by atoms with Gasteiger partial charge in [-0.15, -0.1) is 23.1 Å². The van der Waals surface area contributed by atoms with E-state index < -0.39 is 11.6 Å². The zero-order valence-electron chi connectivity index (χ0n) is 10.7. The summed E-state index contributed by atoms with van der Waals surface area (Å²) in [5, 5.41) is 5.12. The van der Waals surface area contributed by atoms with E-state index in [9.17, 15) is 13.6 Å². The lowest BCUT2D eigenvalue weighted by molar-refractivity contribution is -0.115. The highest BCUT2D eigenvalue weighted by Crippen LogP contribution is 2.21. The van der Waals surface area contributed by atoms with Gasteiger partial charge in [0.1, 0.15) is 0 Å². The maximum Gasteiger partial charge on any atom is 0.226 e. The number of nitrogens with zero attached hydrogens (tertiary/aromatic N) is 1. The molecular formula is C13H12F2N2OS2. The van der Waals surface area contributed by atoms with Crippen molar-refractivity contribution in [3.8, 4) is 0 Å². The van der Waals surface area contributed by atoms with Gasteiger partial charge >= 0.3 is 0 Å². The molecule has 1 heterocycles. The number of thioether (sulfide) groups is 1. The molecule has 0 radical (unpaired) electrons. The number of halogens is 2. The quantitative estimate of drug-likeness (QED) is 0.852. The minimum absolute atomic E-state index is 0.144. The van der Waals surface area contributed by atoms with Gasteiger partial charge in [0.25, 0.3) is 0 Å². The molecule has 3 nitrogen and oxygen atoms in total. The molecule has 0 aliphatic heterocycles. The van der Waals surface area contributed by atoms with E-state index in [1.54, 1.807) is 0 Å². The van der Waals surface area contributed by atoms with Crippen molar-refractivity contribution in [2.45, 2.75) is 18.2 Å². The molecule has 0 unspecified atom stereocenters. The number of amides is 1. The molecule has 0 atom stereocenters. The zero-order valence-corrected chi connectivity index (χ0v) is 12.3. The molecule has 0 saturated carbocycles. The Morgan fingerprint density at radius 2 is 2.20 bits per heavy atom. The predicted octanol–water partition coefficient (Wildman–Crippen LogP) is 3.85. The average molecular weight is 314 g/mol. The molecule has 1 aromatic carbocycles. The number of aromatic nitrogens is 1. The summed E-state index contributed by atoms with van der Waals surface area (Å²) < 4.78 is 25.7. The molecule has 0 saturated heterocycles. The number of aryl methyl sites for hydroxylation is 1. The Labute approximate surface area is 123 Å². The van der Waals surface area contributed by atoms with E-state index in [2.05, 4.69) is 10.3 Å². The van der Waals surface area contributed by atoms with Crippen LogP contribution >= 0.6 is 23.1 Å². The van der Waals surface area contributed by atoms with E-state index in [0.29, 0.717) is 15.8 Å². The van der Waals surface area contributed by atoms with Crippen molar-refractivity contribution in [2.24, 2.45) is 0 Å². The van der Waals surface area contributed by atoms with Gasteiger partial charge in [-0.1, -0.05) is 0 Å². The third-order valence-corrected chi connectivity index (χ3v) is 4.23. The SMILES string of the molecule is Cc1csc(NC(=O)CCSc2ccc(F)c(F)c2)n1. The van der Waals surface area contributed by atoms with Gasteiger partial charge < -0.3 is 5.32 Å². The van der Waals surface area contributed by atoms with Crippen molar-refractivity contribution >= 4 is 34.1 Å². The molecular weight excluding hydrogens is 302 g/mol. The van der Waals surface area contributed by atoms with Crippen molar-refractivity contribution in [1.82, 2.24) is 4.98 Å². The largest absolute Gasteiger partial charge is 0.302 e. The first-order valence-electron chi connectivity index (χ1n) is 5.84. The number of thiazole rings is 1. The highest BCUT2D eigenvalue weighted by Gasteiger charge is 2.07. The van der Waals surface area contributed by atoms with Crippen LogP contribution in [0.15, 0.2) is 28.5 Å². The molecule has 1 N–H and O–H groups in total. The van der Waals surface area contributed by atoms with Gasteiger partial charge in [-0.25, -0.2) is 13.8 Å². The van der Waals surface area contributed by atoms with Crippen molar-refractivity contribution in [1.29, 1.82) is 0 Å². The van der Waals surface area contributed by atoms with Gasteiger partial charge in [0.05, 0.1) is 5.69 Å². The summed E-state index contributed by atoms with van der Waals surface area (Å²) >= 11 is 2.67. The Bertz CT molecular complexity index is 616. The van der Waals surface area contributed by atoms with Crippen LogP contribution in [0.2, 0.25) is 0 Å². The lowest BCUT2D eigenvalue weighted by Crippen LogP contribution is -2.11. The highest BCUT2D eigenvalue weighted by atomic mass is 32.2. The Kier molecular flexibility index (Phi) is 5.08. The number of rotatable bonds is 5. The van der Waals surface area contributed by atoms with Crippen LogP contribution in [0, 0.1) is 18.6 Å². The number of nitrogens with one attached hydrogen (secondary N) is 1. The molecule has 20 heavy (non-hydrogen) atoms. The predicted molar refractivity (Wildman–Crippen MR) is 77.2 cm³/mol. The highest BCUT2D eigenvalue weighted by molar-refractivity contribution is 7.99. The fourth-order valence-electron chi connectivity index (χ4n) is 1.42. The first-order valence-corrected chi connectivity index (χ1v) is 7.71. The standard InChI is InChI=1S/C13H12F2N2OS2/c1-8-7-20-13(16-8)17-12(18)4-5-19-9-2-3-10(14)11(15)6-9/h2-3,6-7H,4-5H2,1H3,(H,16,17,18). The van der Waals surface area contributed by atoms with Gasteiger partial charge in [0.2, 0.25) is 5.91 Å². The molecule has 1 amide bonds. The van der Waals surface area contributed by atoms with Crippen LogP contribution in [0.4, 0.5) is 13.9 Å². The van der Waals surface area contributed by atoms with Crippen LogP contribution in [0.25, 0.3) is 0 Å². The Morgan fingerprint density at radius 1 is 1.40 bits per heavy atom. The molecule has 0 bridgehead atoms. The van der Waals surface area contributed by atoms with Gasteiger partial charge in [-0.3, -0.25) is 4.79 Å². The average Bonchev–Trinajstić information content (AvgIpc) is 2.79. The van der Waals surface area contributed by atoms with Gasteiger partial charge in [-0.05, 0) is 25.1 Å². The van der Waals surface area contributed by atoms with Crippen LogP contribution in [0.1, 0.15) is 12.1 Å². The lowest BCUT2D eigenvalue weighted by Gasteiger charge is -2.03. The number of hydrogen-bond acceptors (Lipinski definition) is 4. The topological polar surface area (TPSA) is 42.0 Å². The molecule has 2 aromatic rings. The second kappa shape index (κ2) is 6.81. The third-order valence-electron chi connectivity index (χ3n) is 2.35. The molecule has 0 fully saturated rings. The summed E-state index contributed by atoms with van der Waals surface area (Å²) in [5.41, 5.74) is 0.862. The van der Waals surface area contributed by atoms with Crippen molar-refractivity contribution in [3.05, 3.63) is 40.9 Å². The minimum atomic E-state index is -0.877. The van der Waals surface area contributed by atoms with Gasteiger partial charge in [0.15, 0.2) is 16.8 Å². The summed E-state index contributed by atoms with van der Waals surface area (Å²) in [4.78, 5) is 16.4. The van der Waals surface area contributed by atoms with Crippen LogP contribution in [0.5, 0.6) is 0 Å². The number of carbonyl (C=O) groups excluding carboxylic acids is 1. The number of benzene rings is 1. The number of anilines is 1. The summed E-state index contributed by atoms with van der Waals surface area (Å²) in [5.74, 6) is -1.40. The molecule has 1 aromatic heterocycles. The van der Waals surface area contributed by atoms with Crippen molar-refractivity contribution < 1.29 is 13.6 Å². The molecule has 0 aliphatic carbocycles. The van der Waals surface area contributed by atoms with E-state index in [4.69, 9.17) is 0 Å². The molecule has 106 valence electrons. The number of hydrogen-bond donors (Lipinski definition) is 1. The normalized spacial score (nSPS) is 10.6. The van der Waals surface area contributed by atoms with Crippen LogP contribution in [0.3, 0.4) is 0 Å². The van der Waals surface area contributed by atoms with Crippen LogP contribution < -0.4 is 5.32 Å². The van der Waals surface area contributed by atoms with Crippen LogP contribution in [-0.4, -0.2) is 16.6 Å². The Hall–Kier alpha value is -1.47. The molecule has 0 spiro atoms. The zero-order chi connectivity index (χ0) is 14.5. The van der Waals surface area contributed by atoms with E-state index >= 15 is 0 Å². The smallest absolute Gasteiger partial charge is 0.226 e. The fourth-order valence-corrected chi connectivity index (χ4v) is 3.00. The fraction of sp³-hybridized carbons (Fsp3) is 0.231. The molecule has 0 aliphatic rings. The van der Waals surface area contributed by atoms with Crippen molar-refractivity contribution in [3.63, 3.8) is 0 Å². The minimum Gasteiger partial charge on any atom is -0.302 e. The summed E-state index contributed by atoms with van der Waals surface area (Å²) in [6, 6.07) is 3.70. The van der Waals surface area contributed by atoms with Gasteiger partial charge in [-0.2, -0.15) is 0 Å². The first-order chi connectivity index (χ1) is 9.54. The first kappa shape index (κ1) is 14.9. The maximum absolute atomic E-state index is 13.0. The summed E-state index contributed by atoms with van der Waals surface area (Å²) in [6.07, 6.45) is 0.280. The second-order valence-corrected chi connectivity index (χ2v) is 6.04. The maximum atomic E-state index is 13.0. The van der Waals surface area contributed by atoms with Crippen molar-refractivity contribution in [2.75, 3.05) is 11.1 Å². The van der Waals surface area contributed by atoms with Gasteiger partial charge in [0, 0.05) is 22.4 Å². The number of carbonyl (C=O) groups is 1. The van der Waals surface area contributed by atoms with E-state index in [-0.39, 0.29) is 12.3 Å². The summed E-state index contributed by atoms with van der Waals surface area (Å²) in [6.45, 7) is 1.85.